The first-order valence-corrected chi connectivity index (χ1v) is 15.4. The molecule has 0 N–H and O–H groups in total. The summed E-state index contributed by atoms with van der Waals surface area (Å²) in [6, 6.07) is 21.9. The topological polar surface area (TPSA) is 44.5 Å². The van der Waals surface area contributed by atoms with Crippen molar-refractivity contribution in [2.75, 3.05) is 0 Å². The molecule has 0 amide bonds. The molecule has 0 spiro atoms. The Morgan fingerprint density at radius 3 is 2.50 bits per heavy atom. The van der Waals surface area contributed by atoms with Gasteiger partial charge in [-0.3, -0.25) is 0 Å². The Kier molecular flexibility index (Phi) is 5.51. The van der Waals surface area contributed by atoms with E-state index in [0.29, 0.717) is 5.88 Å². The van der Waals surface area contributed by atoms with Gasteiger partial charge in [0.1, 0.15) is 22.7 Å². The highest BCUT2D eigenvalue weighted by Gasteiger charge is 2.45. The molecule has 2 aromatic heterocycles. The third-order valence-corrected chi connectivity index (χ3v) is 9.97. The van der Waals surface area contributed by atoms with Gasteiger partial charge < -0.3 is 13.9 Å². The zero-order chi connectivity index (χ0) is 28.8. The van der Waals surface area contributed by atoms with Gasteiger partial charge in [0.05, 0.1) is 5.39 Å². The fourth-order valence-corrected chi connectivity index (χ4v) is 7.42. The summed E-state index contributed by atoms with van der Waals surface area (Å²) in [7, 11) is 0. The number of ether oxygens (including phenoxy) is 2. The zero-order valence-electron chi connectivity index (χ0n) is 25.1. The number of benzene rings is 3. The molecule has 3 aliphatic rings. The molecule has 3 aromatic carbocycles. The van der Waals surface area contributed by atoms with Crippen LogP contribution in [0.15, 0.2) is 71.3 Å². The van der Waals surface area contributed by atoms with Crippen molar-refractivity contribution in [3.05, 3.63) is 83.6 Å². The van der Waals surface area contributed by atoms with Gasteiger partial charge in [-0.15, -0.1) is 0 Å². The van der Waals surface area contributed by atoms with Gasteiger partial charge in [0.2, 0.25) is 5.88 Å². The molecule has 2 aliphatic heterocycles. The Hall–Kier alpha value is -3.99. The highest BCUT2D eigenvalue weighted by molar-refractivity contribution is 6.97. The van der Waals surface area contributed by atoms with Gasteiger partial charge in [-0.1, -0.05) is 89.6 Å². The van der Waals surface area contributed by atoms with Gasteiger partial charge in [-0.25, -0.2) is 4.98 Å². The minimum atomic E-state index is -0.157. The number of hydrogen-bond acceptors (Lipinski definition) is 4. The lowest BCUT2D eigenvalue weighted by Gasteiger charge is -2.42. The quantitative estimate of drug-likeness (QED) is 0.208. The molecule has 5 aromatic rings. The summed E-state index contributed by atoms with van der Waals surface area (Å²) in [4.78, 5) is 4.70. The Morgan fingerprint density at radius 2 is 1.67 bits per heavy atom. The normalized spacial score (nSPS) is 17.0. The number of nitrogens with zero attached hydrogens (tertiary/aromatic N) is 1. The van der Waals surface area contributed by atoms with Crippen LogP contribution in [0, 0.1) is 0 Å². The predicted octanol–water partition coefficient (Wildman–Crippen LogP) is 7.91. The van der Waals surface area contributed by atoms with Crippen LogP contribution in [0.1, 0.15) is 77.0 Å². The van der Waals surface area contributed by atoms with E-state index in [-0.39, 0.29) is 17.5 Å². The molecular formula is C37H36BNO3. The molecule has 4 nitrogen and oxygen atoms in total. The number of aromatic nitrogens is 1. The van der Waals surface area contributed by atoms with E-state index in [0.717, 1.165) is 69.6 Å². The van der Waals surface area contributed by atoms with E-state index in [9.17, 15) is 0 Å². The molecule has 0 bridgehead atoms. The summed E-state index contributed by atoms with van der Waals surface area (Å²) < 4.78 is 20.0. The maximum Gasteiger partial charge on any atom is 0.307 e. The van der Waals surface area contributed by atoms with Crippen molar-refractivity contribution >= 4 is 34.3 Å². The van der Waals surface area contributed by atoms with Crippen LogP contribution in [0.3, 0.4) is 0 Å². The van der Waals surface area contributed by atoms with E-state index in [1.165, 1.54) is 35.1 Å². The van der Waals surface area contributed by atoms with Crippen LogP contribution in [0.5, 0.6) is 23.1 Å². The van der Waals surface area contributed by atoms with Crippen molar-refractivity contribution < 1.29 is 13.9 Å². The van der Waals surface area contributed by atoms with Gasteiger partial charge in [0.25, 0.3) is 0 Å². The Bertz CT molecular complexity index is 1900. The van der Waals surface area contributed by atoms with Gasteiger partial charge in [-0.2, -0.15) is 0 Å². The lowest BCUT2D eigenvalue weighted by Crippen LogP contribution is -2.57. The van der Waals surface area contributed by atoms with E-state index in [2.05, 4.69) is 89.2 Å². The van der Waals surface area contributed by atoms with Crippen LogP contribution in [-0.2, 0) is 17.3 Å². The third kappa shape index (κ3) is 3.65. The summed E-state index contributed by atoms with van der Waals surface area (Å²) in [5.74, 6) is 3.04. The van der Waals surface area contributed by atoms with Crippen molar-refractivity contribution in [2.24, 2.45) is 0 Å². The fourth-order valence-electron chi connectivity index (χ4n) is 7.42. The monoisotopic (exact) mass is 553 g/mol. The van der Waals surface area contributed by atoms with E-state index in [1.807, 2.05) is 6.07 Å². The largest absolute Gasteiger partial charge is 0.466 e. The van der Waals surface area contributed by atoms with Gasteiger partial charge in [0, 0.05) is 17.2 Å². The third-order valence-electron chi connectivity index (χ3n) is 9.97. The second-order valence-electron chi connectivity index (χ2n) is 13.6. The SMILES string of the molecule is CCCCc1cccc2c3c(oc12)B1c2cccc(-c4ccc5c(c4)C(C)(C)CCC5(C)C)c2Oc2nccc(c21)O3. The average Bonchev–Trinajstić information content (AvgIpc) is 3.37. The Morgan fingerprint density at radius 1 is 0.857 bits per heavy atom. The minimum Gasteiger partial charge on any atom is -0.466 e. The Labute approximate surface area is 248 Å². The van der Waals surface area contributed by atoms with Crippen molar-refractivity contribution in [2.45, 2.75) is 77.6 Å². The number of para-hydroxylation sites is 2. The maximum absolute atomic E-state index is 6.79. The van der Waals surface area contributed by atoms with Gasteiger partial charge >= 0.3 is 6.71 Å². The lowest BCUT2D eigenvalue weighted by atomic mass is 9.37. The first kappa shape index (κ1) is 25.7. The molecule has 5 heteroatoms. The van der Waals surface area contributed by atoms with Crippen molar-refractivity contribution in [3.63, 3.8) is 0 Å². The van der Waals surface area contributed by atoms with E-state index in [4.69, 9.17) is 18.9 Å². The molecule has 0 saturated carbocycles. The number of aryl methyl sites for hydroxylation is 1. The minimum absolute atomic E-state index is 0.124. The number of furan rings is 1. The molecule has 0 unspecified atom stereocenters. The van der Waals surface area contributed by atoms with E-state index < -0.39 is 0 Å². The Balaban J connectivity index is 1.33. The standard InChI is InChI=1S/C37H36BNO3/c1-6-7-10-22-11-8-13-25-31(22)41-34-33(25)40-29-17-20-39-35-30(29)38(34)28-14-9-12-24(32(28)42-35)23-15-16-26-27(21-23)37(4,5)19-18-36(26,2)3/h8-9,11-17,20-21H,6-7,10,18-19H2,1-5H3. The molecule has 0 radical (unpaired) electrons. The molecule has 42 heavy (non-hydrogen) atoms. The maximum atomic E-state index is 6.79. The highest BCUT2D eigenvalue weighted by atomic mass is 16.5. The fraction of sp³-hybridized carbons (Fsp3) is 0.324. The first-order valence-electron chi connectivity index (χ1n) is 15.4. The molecule has 0 atom stereocenters. The van der Waals surface area contributed by atoms with Crippen LogP contribution in [0.2, 0.25) is 0 Å². The molecule has 210 valence electrons. The second kappa shape index (κ2) is 9.01. The van der Waals surface area contributed by atoms with Crippen molar-refractivity contribution in [1.29, 1.82) is 0 Å². The van der Waals surface area contributed by atoms with E-state index in [1.54, 1.807) is 6.20 Å². The number of hydrogen-bond donors (Lipinski definition) is 0. The van der Waals surface area contributed by atoms with Gasteiger partial charge in [0.15, 0.2) is 5.75 Å². The second-order valence-corrected chi connectivity index (χ2v) is 13.6. The van der Waals surface area contributed by atoms with Crippen molar-refractivity contribution in [1.82, 2.24) is 4.98 Å². The molecule has 0 saturated heterocycles. The molecule has 0 fully saturated rings. The average molecular weight is 554 g/mol. The molecular weight excluding hydrogens is 517 g/mol. The van der Waals surface area contributed by atoms with Crippen molar-refractivity contribution in [3.8, 4) is 34.3 Å². The summed E-state index contributed by atoms with van der Waals surface area (Å²) in [5, 5.41) is 1.03. The highest BCUT2D eigenvalue weighted by Crippen LogP contribution is 2.48. The summed E-state index contributed by atoms with van der Waals surface area (Å²) in [6.07, 6.45) is 7.41. The predicted molar refractivity (Wildman–Crippen MR) is 171 cm³/mol. The number of fused-ring (bicyclic) bond motifs is 7. The molecule has 1 aliphatic carbocycles. The summed E-state index contributed by atoms with van der Waals surface area (Å²) in [5.41, 5.74) is 10.5. The van der Waals surface area contributed by atoms with Crippen LogP contribution in [-0.4, -0.2) is 11.7 Å². The van der Waals surface area contributed by atoms with Crippen LogP contribution >= 0.6 is 0 Å². The summed E-state index contributed by atoms with van der Waals surface area (Å²) in [6.45, 7) is 11.6. The van der Waals surface area contributed by atoms with Crippen LogP contribution < -0.4 is 26.1 Å². The van der Waals surface area contributed by atoms with Crippen LogP contribution in [0.4, 0.5) is 0 Å². The van der Waals surface area contributed by atoms with E-state index >= 15 is 0 Å². The summed E-state index contributed by atoms with van der Waals surface area (Å²) >= 11 is 0. The lowest BCUT2D eigenvalue weighted by molar-refractivity contribution is 0.332. The molecule has 8 rings (SSSR count). The molecule has 4 heterocycles. The number of pyridine rings is 1. The zero-order valence-corrected chi connectivity index (χ0v) is 25.1. The number of rotatable bonds is 4. The van der Waals surface area contributed by atoms with Crippen LogP contribution in [0.25, 0.3) is 22.1 Å². The smallest absolute Gasteiger partial charge is 0.307 e. The first-order chi connectivity index (χ1) is 20.3. The number of unbranched alkanes of at least 4 members (excludes halogenated alkanes) is 1. The van der Waals surface area contributed by atoms with Gasteiger partial charge in [-0.05, 0) is 76.4 Å².